The molecule has 3 amide bonds. The number of halogens is 1. The van der Waals surface area contributed by atoms with E-state index in [0.717, 1.165) is 4.90 Å². The zero-order valence-corrected chi connectivity index (χ0v) is 7.75. The van der Waals surface area contributed by atoms with Crippen molar-refractivity contribution in [2.75, 3.05) is 14.1 Å². The van der Waals surface area contributed by atoms with E-state index in [0.29, 0.717) is 5.70 Å². The second-order valence-corrected chi connectivity index (χ2v) is 2.66. The van der Waals surface area contributed by atoms with Gasteiger partial charge in [0.25, 0.3) is 5.91 Å². The average molecular weight is 219 g/mol. The first-order chi connectivity index (χ1) is 5.09. The Balaban J connectivity index is 3.05. The van der Waals surface area contributed by atoms with Crippen molar-refractivity contribution in [3.63, 3.8) is 0 Å². The summed E-state index contributed by atoms with van der Waals surface area (Å²) in [6.07, 6.45) is 0. The van der Waals surface area contributed by atoms with Gasteiger partial charge in [0.2, 0.25) is 0 Å². The van der Waals surface area contributed by atoms with Crippen LogP contribution in [0.15, 0.2) is 10.7 Å². The largest absolute Gasteiger partial charge is 0.331 e. The van der Waals surface area contributed by atoms with E-state index in [9.17, 15) is 9.59 Å². The van der Waals surface area contributed by atoms with Crippen molar-refractivity contribution in [2.45, 2.75) is 0 Å². The van der Waals surface area contributed by atoms with Crippen LogP contribution in [0.5, 0.6) is 0 Å². The van der Waals surface area contributed by atoms with E-state index in [2.05, 4.69) is 15.9 Å². The molecule has 0 spiro atoms. The van der Waals surface area contributed by atoms with Gasteiger partial charge >= 0.3 is 6.03 Å². The molecule has 1 saturated heterocycles. The normalized spacial score (nSPS) is 22.3. The molecule has 4 nitrogen and oxygen atoms in total. The van der Waals surface area contributed by atoms with E-state index < -0.39 is 0 Å². The highest BCUT2D eigenvalue weighted by Gasteiger charge is 2.35. The fourth-order valence-corrected chi connectivity index (χ4v) is 1.35. The van der Waals surface area contributed by atoms with Gasteiger partial charge in [-0.25, -0.2) is 4.79 Å². The molecule has 5 heteroatoms. The molecule has 0 bridgehead atoms. The van der Waals surface area contributed by atoms with Gasteiger partial charge in [0.15, 0.2) is 0 Å². The summed E-state index contributed by atoms with van der Waals surface area (Å²) < 4.78 is 0. The molecule has 11 heavy (non-hydrogen) atoms. The van der Waals surface area contributed by atoms with Crippen LogP contribution in [-0.2, 0) is 4.79 Å². The maximum atomic E-state index is 11.1. The van der Waals surface area contributed by atoms with Crippen molar-refractivity contribution in [3.8, 4) is 0 Å². The minimum absolute atomic E-state index is 0.283. The van der Waals surface area contributed by atoms with E-state index in [-0.39, 0.29) is 11.9 Å². The van der Waals surface area contributed by atoms with Crippen molar-refractivity contribution < 1.29 is 9.59 Å². The molecule has 0 radical (unpaired) electrons. The minimum atomic E-state index is -0.305. The van der Waals surface area contributed by atoms with Gasteiger partial charge in [0, 0.05) is 19.1 Å². The summed E-state index contributed by atoms with van der Waals surface area (Å²) in [6.45, 7) is 0. The number of carbonyl (C=O) groups is 2. The van der Waals surface area contributed by atoms with E-state index >= 15 is 0 Å². The lowest BCUT2D eigenvalue weighted by molar-refractivity contribution is -0.122. The first kappa shape index (κ1) is 8.26. The van der Waals surface area contributed by atoms with Crippen molar-refractivity contribution >= 4 is 27.9 Å². The molecule has 1 aliphatic heterocycles. The average Bonchev–Trinajstić information content (AvgIpc) is 2.17. The molecule has 0 unspecified atom stereocenters. The van der Waals surface area contributed by atoms with Crippen LogP contribution in [0.25, 0.3) is 0 Å². The number of rotatable bonds is 0. The SMILES string of the molecule is CN1C(=O)/C(=C/Br)N(C)C1=O. The first-order valence-electron chi connectivity index (χ1n) is 2.95. The number of hydrogen-bond acceptors (Lipinski definition) is 2. The van der Waals surface area contributed by atoms with Crippen LogP contribution < -0.4 is 0 Å². The van der Waals surface area contributed by atoms with E-state index in [1.807, 2.05) is 0 Å². The maximum absolute atomic E-state index is 11.1. The molecule has 0 saturated carbocycles. The highest BCUT2D eigenvalue weighted by molar-refractivity contribution is 9.11. The Hall–Kier alpha value is -0.840. The van der Waals surface area contributed by atoms with E-state index in [4.69, 9.17) is 0 Å². The zero-order valence-electron chi connectivity index (χ0n) is 6.17. The zero-order chi connectivity index (χ0) is 8.59. The molecule has 1 rings (SSSR count). The number of urea groups is 1. The summed E-state index contributed by atoms with van der Waals surface area (Å²) in [5, 5.41) is 0. The lowest BCUT2D eigenvalue weighted by Gasteiger charge is -2.06. The summed E-state index contributed by atoms with van der Waals surface area (Å²) in [7, 11) is 3.00. The molecule has 60 valence electrons. The molecular weight excluding hydrogens is 212 g/mol. The first-order valence-corrected chi connectivity index (χ1v) is 3.87. The third-order valence-electron chi connectivity index (χ3n) is 1.56. The van der Waals surface area contributed by atoms with Gasteiger partial charge in [-0.05, 0) is 0 Å². The molecule has 0 aromatic carbocycles. The van der Waals surface area contributed by atoms with Gasteiger partial charge in [-0.3, -0.25) is 14.6 Å². The highest BCUT2D eigenvalue weighted by Crippen LogP contribution is 2.17. The Morgan fingerprint density at radius 3 is 2.00 bits per heavy atom. The van der Waals surface area contributed by atoms with E-state index in [1.54, 1.807) is 7.05 Å². The van der Waals surface area contributed by atoms with Gasteiger partial charge in [0.05, 0.1) is 0 Å². The Labute approximate surface area is 72.6 Å². The summed E-state index contributed by atoms with van der Waals surface area (Å²) >= 11 is 3.01. The molecule has 1 aliphatic rings. The fraction of sp³-hybridized carbons (Fsp3) is 0.333. The van der Waals surface area contributed by atoms with Gasteiger partial charge in [0.1, 0.15) is 5.70 Å². The van der Waals surface area contributed by atoms with Crippen LogP contribution in [0.2, 0.25) is 0 Å². The van der Waals surface area contributed by atoms with Gasteiger partial charge in [-0.15, -0.1) is 0 Å². The molecule has 1 heterocycles. The number of amides is 3. The standard InChI is InChI=1S/C6H7BrN2O2/c1-8-4(3-7)5(10)9(2)6(8)11/h3H,1-2H3/b4-3-. The highest BCUT2D eigenvalue weighted by atomic mass is 79.9. The molecule has 0 aromatic heterocycles. The second-order valence-electron chi connectivity index (χ2n) is 2.20. The Morgan fingerprint density at radius 2 is 1.82 bits per heavy atom. The number of carbonyl (C=O) groups excluding carboxylic acids is 2. The Morgan fingerprint density at radius 1 is 1.27 bits per heavy atom. The van der Waals surface area contributed by atoms with E-state index in [1.165, 1.54) is 16.9 Å². The van der Waals surface area contributed by atoms with Crippen molar-refractivity contribution in [2.24, 2.45) is 0 Å². The molecule has 0 aromatic rings. The molecule has 1 fully saturated rings. The summed E-state index contributed by atoms with van der Waals surface area (Å²) in [6, 6.07) is -0.305. The summed E-state index contributed by atoms with van der Waals surface area (Å²) in [5.74, 6) is -0.283. The smallest absolute Gasteiger partial charge is 0.291 e. The van der Waals surface area contributed by atoms with Crippen molar-refractivity contribution in [3.05, 3.63) is 10.7 Å². The third-order valence-corrected chi connectivity index (χ3v) is 2.00. The number of nitrogens with zero attached hydrogens (tertiary/aromatic N) is 2. The Kier molecular flexibility index (Phi) is 1.99. The van der Waals surface area contributed by atoms with Crippen LogP contribution >= 0.6 is 15.9 Å². The van der Waals surface area contributed by atoms with Crippen LogP contribution in [0.3, 0.4) is 0 Å². The Bertz CT molecular complexity index is 249. The third kappa shape index (κ3) is 1.05. The lowest BCUT2D eigenvalue weighted by Crippen LogP contribution is -2.27. The predicted molar refractivity (Wildman–Crippen MR) is 42.9 cm³/mol. The van der Waals surface area contributed by atoms with Gasteiger partial charge < -0.3 is 0 Å². The summed E-state index contributed by atoms with van der Waals surface area (Å²) in [4.78, 5) is 26.0. The van der Waals surface area contributed by atoms with Crippen LogP contribution in [0, 0.1) is 0 Å². The summed E-state index contributed by atoms with van der Waals surface area (Å²) in [5.41, 5.74) is 0.359. The second kappa shape index (κ2) is 2.65. The van der Waals surface area contributed by atoms with Gasteiger partial charge in [-0.2, -0.15) is 0 Å². The predicted octanol–water partition coefficient (Wildman–Crippen LogP) is 0.746. The molecular formula is C6H7BrN2O2. The topological polar surface area (TPSA) is 40.6 Å². The fourth-order valence-electron chi connectivity index (χ4n) is 0.850. The van der Waals surface area contributed by atoms with Crippen LogP contribution in [0.4, 0.5) is 4.79 Å². The minimum Gasteiger partial charge on any atom is -0.291 e. The number of likely N-dealkylation sites (N-methyl/N-ethyl adjacent to an activating group) is 2. The molecule has 0 atom stereocenters. The maximum Gasteiger partial charge on any atom is 0.331 e. The van der Waals surface area contributed by atoms with Crippen molar-refractivity contribution in [1.29, 1.82) is 0 Å². The van der Waals surface area contributed by atoms with Crippen LogP contribution in [0.1, 0.15) is 0 Å². The molecule has 0 aliphatic carbocycles. The quantitative estimate of drug-likeness (QED) is 0.445. The van der Waals surface area contributed by atoms with Crippen LogP contribution in [-0.4, -0.2) is 35.8 Å². The lowest BCUT2D eigenvalue weighted by atomic mass is 10.5. The number of hydrogen-bond donors (Lipinski definition) is 0. The van der Waals surface area contributed by atoms with Gasteiger partial charge in [-0.1, -0.05) is 15.9 Å². The molecule has 0 N–H and O–H groups in total. The number of imide groups is 1. The monoisotopic (exact) mass is 218 g/mol. The van der Waals surface area contributed by atoms with Crippen molar-refractivity contribution in [1.82, 2.24) is 9.80 Å².